The van der Waals surface area contributed by atoms with Gasteiger partial charge in [0.25, 0.3) is 0 Å². The molecular formula is C11H20O2. The van der Waals surface area contributed by atoms with Crippen molar-refractivity contribution in [2.75, 3.05) is 13.2 Å². The molecule has 0 rings (SSSR count). The topological polar surface area (TPSA) is 29.5 Å². The first-order chi connectivity index (χ1) is 6.31. The van der Waals surface area contributed by atoms with Crippen molar-refractivity contribution in [2.45, 2.75) is 45.6 Å². The zero-order chi connectivity index (χ0) is 9.94. The average molecular weight is 184 g/mol. The first-order valence-electron chi connectivity index (χ1n) is 4.96. The minimum Gasteiger partial charge on any atom is -0.393 e. The molecule has 0 radical (unpaired) electrons. The van der Waals surface area contributed by atoms with Crippen LogP contribution in [-0.4, -0.2) is 24.4 Å². The van der Waals surface area contributed by atoms with Gasteiger partial charge in [0.2, 0.25) is 0 Å². The number of aliphatic hydroxyl groups is 1. The molecule has 0 aliphatic rings. The van der Waals surface area contributed by atoms with Crippen molar-refractivity contribution in [2.24, 2.45) is 0 Å². The molecule has 0 aliphatic carbocycles. The van der Waals surface area contributed by atoms with E-state index in [-0.39, 0.29) is 6.10 Å². The second-order valence-corrected chi connectivity index (χ2v) is 2.96. The molecule has 2 heteroatoms. The van der Waals surface area contributed by atoms with E-state index in [0.717, 1.165) is 38.9 Å². The number of hydrogen-bond acceptors (Lipinski definition) is 2. The summed E-state index contributed by atoms with van der Waals surface area (Å²) in [6.07, 6.45) is 3.14. The van der Waals surface area contributed by atoms with Crippen LogP contribution in [0.15, 0.2) is 0 Å². The summed E-state index contributed by atoms with van der Waals surface area (Å²) in [5.74, 6) is 5.75. The van der Waals surface area contributed by atoms with Crippen LogP contribution in [0.25, 0.3) is 0 Å². The summed E-state index contributed by atoms with van der Waals surface area (Å²) in [5, 5.41) is 9.45. The van der Waals surface area contributed by atoms with E-state index >= 15 is 0 Å². The zero-order valence-corrected chi connectivity index (χ0v) is 8.68. The van der Waals surface area contributed by atoms with Crippen LogP contribution in [0.2, 0.25) is 0 Å². The molecule has 0 aromatic carbocycles. The summed E-state index contributed by atoms with van der Waals surface area (Å²) >= 11 is 0. The molecule has 0 saturated heterocycles. The molecule has 76 valence electrons. The smallest absolute Gasteiger partial charge is 0.0550 e. The lowest BCUT2D eigenvalue weighted by atomic mass is 10.1. The van der Waals surface area contributed by atoms with E-state index in [0.29, 0.717) is 0 Å². The molecule has 0 amide bonds. The maximum Gasteiger partial charge on any atom is 0.0550 e. The minimum atomic E-state index is -0.207. The van der Waals surface area contributed by atoms with Crippen molar-refractivity contribution in [3.05, 3.63) is 0 Å². The first-order valence-corrected chi connectivity index (χ1v) is 4.96. The predicted octanol–water partition coefficient (Wildman–Crippen LogP) is 1.97. The quantitative estimate of drug-likeness (QED) is 0.484. The molecule has 1 atom stereocenters. The Hall–Kier alpha value is -0.520. The predicted molar refractivity (Wildman–Crippen MR) is 54.4 cm³/mol. The summed E-state index contributed by atoms with van der Waals surface area (Å²) in [4.78, 5) is 0. The maximum atomic E-state index is 9.45. The van der Waals surface area contributed by atoms with Crippen LogP contribution in [0, 0.1) is 11.8 Å². The number of hydrogen-bond donors (Lipinski definition) is 1. The van der Waals surface area contributed by atoms with Crippen LogP contribution in [-0.2, 0) is 4.74 Å². The molecule has 13 heavy (non-hydrogen) atoms. The van der Waals surface area contributed by atoms with E-state index in [1.807, 2.05) is 13.8 Å². The fourth-order valence-corrected chi connectivity index (χ4v) is 1.07. The van der Waals surface area contributed by atoms with E-state index in [1.165, 1.54) is 0 Å². The van der Waals surface area contributed by atoms with Crippen LogP contribution in [0.3, 0.4) is 0 Å². The Kier molecular flexibility index (Phi) is 9.18. The lowest BCUT2D eigenvalue weighted by Crippen LogP contribution is -2.07. The van der Waals surface area contributed by atoms with E-state index in [4.69, 9.17) is 4.74 Å². The van der Waals surface area contributed by atoms with Crippen molar-refractivity contribution in [1.29, 1.82) is 0 Å². The van der Waals surface area contributed by atoms with Crippen LogP contribution >= 0.6 is 0 Å². The Balaban J connectivity index is 3.18. The largest absolute Gasteiger partial charge is 0.393 e. The van der Waals surface area contributed by atoms with Gasteiger partial charge in [-0.2, -0.15) is 0 Å². The molecule has 0 aromatic heterocycles. The van der Waals surface area contributed by atoms with Gasteiger partial charge in [-0.05, 0) is 33.1 Å². The van der Waals surface area contributed by atoms with Crippen molar-refractivity contribution in [3.63, 3.8) is 0 Å². The van der Waals surface area contributed by atoms with E-state index in [2.05, 4.69) is 11.8 Å². The van der Waals surface area contributed by atoms with Gasteiger partial charge in [0.15, 0.2) is 0 Å². The SMILES string of the molecule is CC#CCCC(O)CCCOCC. The molecule has 1 unspecified atom stereocenters. The molecule has 0 saturated carbocycles. The Bertz CT molecular complexity index is 155. The Morgan fingerprint density at radius 1 is 1.38 bits per heavy atom. The van der Waals surface area contributed by atoms with Crippen molar-refractivity contribution in [1.82, 2.24) is 0 Å². The highest BCUT2D eigenvalue weighted by Crippen LogP contribution is 2.04. The van der Waals surface area contributed by atoms with Gasteiger partial charge in [-0.15, -0.1) is 11.8 Å². The number of aliphatic hydroxyl groups excluding tert-OH is 1. The third-order valence-corrected chi connectivity index (χ3v) is 1.81. The van der Waals surface area contributed by atoms with Crippen LogP contribution < -0.4 is 0 Å². The normalized spacial score (nSPS) is 11.9. The van der Waals surface area contributed by atoms with Gasteiger partial charge in [0.1, 0.15) is 0 Å². The minimum absolute atomic E-state index is 0.207. The summed E-state index contributed by atoms with van der Waals surface area (Å²) < 4.78 is 5.17. The molecule has 0 bridgehead atoms. The fourth-order valence-electron chi connectivity index (χ4n) is 1.07. The third kappa shape index (κ3) is 9.39. The highest BCUT2D eigenvalue weighted by atomic mass is 16.5. The van der Waals surface area contributed by atoms with Gasteiger partial charge < -0.3 is 9.84 Å². The molecule has 0 aliphatic heterocycles. The fraction of sp³-hybridized carbons (Fsp3) is 0.818. The van der Waals surface area contributed by atoms with Gasteiger partial charge in [0.05, 0.1) is 6.10 Å². The molecule has 0 spiro atoms. The second kappa shape index (κ2) is 9.57. The second-order valence-electron chi connectivity index (χ2n) is 2.96. The third-order valence-electron chi connectivity index (χ3n) is 1.81. The van der Waals surface area contributed by atoms with Crippen molar-refractivity contribution >= 4 is 0 Å². The van der Waals surface area contributed by atoms with Crippen LogP contribution in [0.1, 0.15) is 39.5 Å². The number of rotatable bonds is 7. The molecule has 0 fully saturated rings. The summed E-state index contributed by atoms with van der Waals surface area (Å²) in [7, 11) is 0. The average Bonchev–Trinajstić information content (AvgIpc) is 2.13. The van der Waals surface area contributed by atoms with Gasteiger partial charge in [-0.25, -0.2) is 0 Å². The molecule has 2 nitrogen and oxygen atoms in total. The van der Waals surface area contributed by atoms with Crippen molar-refractivity contribution < 1.29 is 9.84 Å². The maximum absolute atomic E-state index is 9.45. The van der Waals surface area contributed by atoms with Gasteiger partial charge >= 0.3 is 0 Å². The Morgan fingerprint density at radius 2 is 2.15 bits per heavy atom. The summed E-state index contributed by atoms with van der Waals surface area (Å²) in [6.45, 7) is 5.32. The molecule has 1 N–H and O–H groups in total. The zero-order valence-electron chi connectivity index (χ0n) is 8.68. The van der Waals surface area contributed by atoms with Gasteiger partial charge in [0, 0.05) is 19.6 Å². The van der Waals surface area contributed by atoms with E-state index in [9.17, 15) is 5.11 Å². The Labute approximate surface area is 81.3 Å². The van der Waals surface area contributed by atoms with Crippen LogP contribution in [0.4, 0.5) is 0 Å². The monoisotopic (exact) mass is 184 g/mol. The van der Waals surface area contributed by atoms with Crippen LogP contribution in [0.5, 0.6) is 0 Å². The van der Waals surface area contributed by atoms with Gasteiger partial charge in [-0.3, -0.25) is 0 Å². The van der Waals surface area contributed by atoms with Crippen molar-refractivity contribution in [3.8, 4) is 11.8 Å². The molecule has 0 heterocycles. The van der Waals surface area contributed by atoms with E-state index < -0.39 is 0 Å². The highest BCUT2D eigenvalue weighted by molar-refractivity contribution is 4.94. The number of ether oxygens (including phenoxy) is 1. The summed E-state index contributed by atoms with van der Waals surface area (Å²) in [5.41, 5.74) is 0. The first kappa shape index (κ1) is 12.5. The summed E-state index contributed by atoms with van der Waals surface area (Å²) in [6, 6.07) is 0. The highest BCUT2D eigenvalue weighted by Gasteiger charge is 2.01. The lowest BCUT2D eigenvalue weighted by molar-refractivity contribution is 0.111. The molecule has 0 aromatic rings. The lowest BCUT2D eigenvalue weighted by Gasteiger charge is -2.07. The standard InChI is InChI=1S/C11H20O2/c1-3-5-6-8-11(12)9-7-10-13-4-2/h11-12H,4,6-10H2,1-2H3. The Morgan fingerprint density at radius 3 is 2.77 bits per heavy atom. The molecular weight excluding hydrogens is 164 g/mol. The van der Waals surface area contributed by atoms with Gasteiger partial charge in [-0.1, -0.05) is 0 Å². The van der Waals surface area contributed by atoms with E-state index in [1.54, 1.807) is 0 Å².